The molecule has 3 aromatic carbocycles. The van der Waals surface area contributed by atoms with Crippen molar-refractivity contribution in [3.8, 4) is 22.3 Å². The van der Waals surface area contributed by atoms with Gasteiger partial charge in [0.15, 0.2) is 0 Å². The quantitative estimate of drug-likeness (QED) is 0.302. The first-order valence-electron chi connectivity index (χ1n) is 12.1. The van der Waals surface area contributed by atoms with Crippen LogP contribution in [0.25, 0.3) is 22.3 Å². The molecule has 0 aliphatic heterocycles. The second-order valence-corrected chi connectivity index (χ2v) is 8.48. The lowest BCUT2D eigenvalue weighted by atomic mass is 9.85. The summed E-state index contributed by atoms with van der Waals surface area (Å²) in [5.74, 6) is 0. The van der Waals surface area contributed by atoms with Crippen molar-refractivity contribution in [2.75, 3.05) is 0 Å². The van der Waals surface area contributed by atoms with Crippen LogP contribution in [0.2, 0.25) is 0 Å². The fourth-order valence-corrected chi connectivity index (χ4v) is 4.39. The van der Waals surface area contributed by atoms with Gasteiger partial charge in [0.1, 0.15) is 0 Å². The summed E-state index contributed by atoms with van der Waals surface area (Å²) in [6, 6.07) is 24.7. The fraction of sp³-hybridized carbons (Fsp3) is 0.400. The summed E-state index contributed by atoms with van der Waals surface area (Å²) in [7, 11) is 0. The van der Waals surface area contributed by atoms with Crippen molar-refractivity contribution in [2.45, 2.75) is 78.6 Å². The van der Waals surface area contributed by atoms with E-state index in [0.29, 0.717) is 0 Å². The van der Waals surface area contributed by atoms with Crippen LogP contribution < -0.4 is 0 Å². The lowest BCUT2D eigenvalue weighted by Gasteiger charge is -2.20. The zero-order valence-corrected chi connectivity index (χ0v) is 19.2. The summed E-state index contributed by atoms with van der Waals surface area (Å²) >= 11 is 0. The highest BCUT2D eigenvalue weighted by molar-refractivity contribution is 5.73. The van der Waals surface area contributed by atoms with E-state index in [1.54, 1.807) is 16.7 Å². The minimum atomic E-state index is 1.20. The van der Waals surface area contributed by atoms with Crippen molar-refractivity contribution < 1.29 is 0 Å². The molecule has 0 atom stereocenters. The summed E-state index contributed by atoms with van der Waals surface area (Å²) in [4.78, 5) is 0. The molecule has 0 heteroatoms. The van der Waals surface area contributed by atoms with Gasteiger partial charge in [-0.2, -0.15) is 0 Å². The van der Waals surface area contributed by atoms with E-state index >= 15 is 0 Å². The Morgan fingerprint density at radius 1 is 0.467 bits per heavy atom. The Hall–Kier alpha value is -2.34. The van der Waals surface area contributed by atoms with Gasteiger partial charge in [-0.05, 0) is 77.5 Å². The van der Waals surface area contributed by atoms with Gasteiger partial charge in [0.2, 0.25) is 0 Å². The van der Waals surface area contributed by atoms with Gasteiger partial charge in [-0.3, -0.25) is 0 Å². The summed E-state index contributed by atoms with van der Waals surface area (Å²) in [5, 5.41) is 0. The molecule has 0 saturated heterocycles. The zero-order chi connectivity index (χ0) is 21.2. The minimum Gasteiger partial charge on any atom is -0.0654 e. The van der Waals surface area contributed by atoms with E-state index in [1.807, 2.05) is 0 Å². The second-order valence-electron chi connectivity index (χ2n) is 8.48. The summed E-state index contributed by atoms with van der Waals surface area (Å²) in [6.45, 7) is 6.91. The maximum Gasteiger partial charge on any atom is -0.0149 e. The predicted octanol–water partition coefficient (Wildman–Crippen LogP) is 9.05. The van der Waals surface area contributed by atoms with Gasteiger partial charge < -0.3 is 0 Å². The molecule has 0 amide bonds. The van der Waals surface area contributed by atoms with Crippen LogP contribution in [0.5, 0.6) is 0 Å². The van der Waals surface area contributed by atoms with Crippen molar-refractivity contribution in [3.63, 3.8) is 0 Å². The largest absolute Gasteiger partial charge is 0.0654 e. The maximum absolute atomic E-state index is 2.43. The maximum atomic E-state index is 2.43. The highest BCUT2D eigenvalue weighted by Gasteiger charge is 2.14. The molecule has 0 unspecified atom stereocenters. The standard InChI is InChI=1S/C30H38/c1-4-7-13-26-22-23-29(30(17-9-6-3)28(26)16-8-5-2)27-20-18-25(19-21-27)24-14-11-10-12-15-24/h10-12,14-15,18-23H,4-9,13,16-17H2,1-3H3. The molecular formula is C30H38. The Labute approximate surface area is 184 Å². The van der Waals surface area contributed by atoms with Crippen LogP contribution in [0.1, 0.15) is 76.0 Å². The van der Waals surface area contributed by atoms with Crippen LogP contribution in [-0.4, -0.2) is 0 Å². The Morgan fingerprint density at radius 3 is 1.63 bits per heavy atom. The Balaban J connectivity index is 2.01. The third-order valence-corrected chi connectivity index (χ3v) is 6.19. The fourth-order valence-electron chi connectivity index (χ4n) is 4.39. The van der Waals surface area contributed by atoms with Crippen LogP contribution in [0.3, 0.4) is 0 Å². The van der Waals surface area contributed by atoms with Gasteiger partial charge in [0, 0.05) is 0 Å². The van der Waals surface area contributed by atoms with E-state index < -0.39 is 0 Å². The Bertz CT molecular complexity index is 887. The minimum absolute atomic E-state index is 1.20. The molecule has 0 spiro atoms. The van der Waals surface area contributed by atoms with E-state index in [9.17, 15) is 0 Å². The molecule has 0 fully saturated rings. The van der Waals surface area contributed by atoms with Crippen LogP contribution in [0.15, 0.2) is 66.7 Å². The van der Waals surface area contributed by atoms with Crippen LogP contribution in [0, 0.1) is 0 Å². The average Bonchev–Trinajstić information content (AvgIpc) is 2.81. The first kappa shape index (κ1) is 22.3. The Morgan fingerprint density at radius 2 is 1.00 bits per heavy atom. The van der Waals surface area contributed by atoms with E-state index in [1.165, 1.54) is 80.0 Å². The third kappa shape index (κ3) is 5.63. The highest BCUT2D eigenvalue weighted by atomic mass is 14.2. The summed E-state index contributed by atoms with van der Waals surface area (Å²) < 4.78 is 0. The molecule has 0 saturated carbocycles. The van der Waals surface area contributed by atoms with Crippen molar-refractivity contribution >= 4 is 0 Å². The highest BCUT2D eigenvalue weighted by Crippen LogP contribution is 2.33. The smallest absolute Gasteiger partial charge is 0.0149 e. The van der Waals surface area contributed by atoms with Gasteiger partial charge in [-0.1, -0.05) is 107 Å². The van der Waals surface area contributed by atoms with E-state index in [4.69, 9.17) is 0 Å². The molecule has 0 bridgehead atoms. The molecule has 0 N–H and O–H groups in total. The second kappa shape index (κ2) is 11.7. The van der Waals surface area contributed by atoms with Crippen LogP contribution in [0.4, 0.5) is 0 Å². The normalized spacial score (nSPS) is 11.0. The van der Waals surface area contributed by atoms with Crippen molar-refractivity contribution in [2.24, 2.45) is 0 Å². The molecule has 3 aromatic rings. The van der Waals surface area contributed by atoms with Crippen LogP contribution in [-0.2, 0) is 19.3 Å². The molecule has 3 rings (SSSR count). The van der Waals surface area contributed by atoms with Gasteiger partial charge in [0.05, 0.1) is 0 Å². The number of hydrogen-bond acceptors (Lipinski definition) is 0. The van der Waals surface area contributed by atoms with Gasteiger partial charge >= 0.3 is 0 Å². The zero-order valence-electron chi connectivity index (χ0n) is 19.2. The predicted molar refractivity (Wildman–Crippen MR) is 133 cm³/mol. The Kier molecular flexibility index (Phi) is 8.75. The topological polar surface area (TPSA) is 0 Å². The molecule has 158 valence electrons. The molecule has 0 heterocycles. The first-order valence-corrected chi connectivity index (χ1v) is 12.1. The lowest BCUT2D eigenvalue weighted by molar-refractivity contribution is 0.736. The molecule has 30 heavy (non-hydrogen) atoms. The molecule has 0 radical (unpaired) electrons. The number of rotatable bonds is 11. The number of aryl methyl sites for hydroxylation is 1. The number of unbranched alkanes of at least 4 members (excludes halogenated alkanes) is 3. The van der Waals surface area contributed by atoms with Crippen molar-refractivity contribution in [3.05, 3.63) is 83.4 Å². The van der Waals surface area contributed by atoms with Crippen molar-refractivity contribution in [1.82, 2.24) is 0 Å². The third-order valence-electron chi connectivity index (χ3n) is 6.19. The van der Waals surface area contributed by atoms with E-state index in [-0.39, 0.29) is 0 Å². The van der Waals surface area contributed by atoms with Gasteiger partial charge in [-0.15, -0.1) is 0 Å². The molecule has 0 aromatic heterocycles. The van der Waals surface area contributed by atoms with Gasteiger partial charge in [-0.25, -0.2) is 0 Å². The number of hydrogen-bond donors (Lipinski definition) is 0. The SMILES string of the molecule is CCCCc1ccc(-c2ccc(-c3ccccc3)cc2)c(CCCC)c1CCCC. The van der Waals surface area contributed by atoms with E-state index in [2.05, 4.69) is 87.5 Å². The molecule has 0 aliphatic rings. The van der Waals surface area contributed by atoms with E-state index in [0.717, 1.165) is 0 Å². The van der Waals surface area contributed by atoms with Gasteiger partial charge in [0.25, 0.3) is 0 Å². The lowest BCUT2D eigenvalue weighted by Crippen LogP contribution is -2.04. The summed E-state index contributed by atoms with van der Waals surface area (Å²) in [6.07, 6.45) is 11.3. The monoisotopic (exact) mass is 398 g/mol. The molecule has 0 aliphatic carbocycles. The number of benzene rings is 3. The van der Waals surface area contributed by atoms with Crippen molar-refractivity contribution in [1.29, 1.82) is 0 Å². The van der Waals surface area contributed by atoms with Crippen LogP contribution >= 0.6 is 0 Å². The first-order chi connectivity index (χ1) is 14.8. The average molecular weight is 399 g/mol. The summed E-state index contributed by atoms with van der Waals surface area (Å²) in [5.41, 5.74) is 10.3. The molecular weight excluding hydrogens is 360 g/mol. The molecule has 0 nitrogen and oxygen atoms in total.